The van der Waals surface area contributed by atoms with Gasteiger partial charge in [0.15, 0.2) is 0 Å². The molecule has 1 aromatic carbocycles. The number of hydrogen-bond acceptors (Lipinski definition) is 3. The number of pyridine rings is 1. The van der Waals surface area contributed by atoms with Gasteiger partial charge in [0.05, 0.1) is 5.69 Å². The Morgan fingerprint density at radius 2 is 2.04 bits per heavy atom. The number of aryl methyl sites for hydroxylation is 1. The van der Waals surface area contributed by atoms with Gasteiger partial charge in [-0.1, -0.05) is 30.3 Å². The van der Waals surface area contributed by atoms with Gasteiger partial charge in [-0.15, -0.1) is 0 Å². The Morgan fingerprint density at radius 1 is 1.26 bits per heavy atom. The number of benzene rings is 1. The number of anilines is 1. The fraction of sp³-hybridized carbons (Fsp3) is 0.176. The van der Waals surface area contributed by atoms with Crippen molar-refractivity contribution in [3.05, 3.63) is 59.9 Å². The lowest BCUT2D eigenvalue weighted by Crippen LogP contribution is -2.25. The highest BCUT2D eigenvalue weighted by Gasteiger charge is 2.11. The van der Waals surface area contributed by atoms with Gasteiger partial charge in [-0.05, 0) is 18.6 Å². The standard InChI is InChI=1S/C17H18N4O2/c1-12-16(20-17(22)18-2)21-9-8-14(10-15(21)19-12)23-11-13-6-4-3-5-7-13/h3-10H,11H2,1-2H3,(H2,18,20,22). The molecule has 6 nitrogen and oxygen atoms in total. The second-order valence-electron chi connectivity index (χ2n) is 5.11. The molecule has 0 aliphatic heterocycles. The summed E-state index contributed by atoms with van der Waals surface area (Å²) in [7, 11) is 1.57. The Morgan fingerprint density at radius 3 is 2.78 bits per heavy atom. The number of nitrogens with one attached hydrogen (secondary N) is 2. The van der Waals surface area contributed by atoms with Crippen molar-refractivity contribution in [2.45, 2.75) is 13.5 Å². The third-order valence-electron chi connectivity index (χ3n) is 3.48. The maximum absolute atomic E-state index is 11.5. The van der Waals surface area contributed by atoms with Crippen LogP contribution < -0.4 is 15.4 Å². The minimum absolute atomic E-state index is 0.278. The van der Waals surface area contributed by atoms with Crippen LogP contribution in [-0.4, -0.2) is 22.5 Å². The smallest absolute Gasteiger partial charge is 0.320 e. The number of rotatable bonds is 4. The number of fused-ring (bicyclic) bond motifs is 1. The van der Waals surface area contributed by atoms with Crippen molar-refractivity contribution in [1.29, 1.82) is 0 Å². The monoisotopic (exact) mass is 310 g/mol. The first-order chi connectivity index (χ1) is 11.2. The van der Waals surface area contributed by atoms with Crippen LogP contribution in [0.25, 0.3) is 5.65 Å². The topological polar surface area (TPSA) is 67.7 Å². The van der Waals surface area contributed by atoms with Gasteiger partial charge in [0.1, 0.15) is 23.8 Å². The quantitative estimate of drug-likeness (QED) is 0.778. The minimum atomic E-state index is -0.278. The van der Waals surface area contributed by atoms with E-state index in [1.165, 1.54) is 0 Å². The van der Waals surface area contributed by atoms with Crippen molar-refractivity contribution in [2.75, 3.05) is 12.4 Å². The second kappa shape index (κ2) is 6.39. The summed E-state index contributed by atoms with van der Waals surface area (Å²) in [6.07, 6.45) is 1.83. The summed E-state index contributed by atoms with van der Waals surface area (Å²) in [4.78, 5) is 16.0. The normalized spacial score (nSPS) is 10.5. The summed E-state index contributed by atoms with van der Waals surface area (Å²) in [5, 5.41) is 5.30. The average Bonchev–Trinajstić information content (AvgIpc) is 2.88. The molecule has 0 aliphatic carbocycles. The molecule has 0 aliphatic rings. The molecule has 0 radical (unpaired) electrons. The molecule has 2 heterocycles. The molecule has 23 heavy (non-hydrogen) atoms. The molecule has 3 aromatic rings. The van der Waals surface area contributed by atoms with E-state index in [1.807, 2.05) is 60.0 Å². The highest BCUT2D eigenvalue weighted by Crippen LogP contribution is 2.22. The minimum Gasteiger partial charge on any atom is -0.489 e. The van der Waals surface area contributed by atoms with E-state index in [0.717, 1.165) is 22.7 Å². The summed E-state index contributed by atoms with van der Waals surface area (Å²) < 4.78 is 7.62. The molecule has 0 saturated heterocycles. The van der Waals surface area contributed by atoms with Gasteiger partial charge >= 0.3 is 6.03 Å². The fourth-order valence-electron chi connectivity index (χ4n) is 2.29. The molecule has 2 N–H and O–H groups in total. The van der Waals surface area contributed by atoms with Gasteiger partial charge in [0.2, 0.25) is 0 Å². The van der Waals surface area contributed by atoms with Crippen molar-refractivity contribution in [1.82, 2.24) is 14.7 Å². The Hall–Kier alpha value is -3.02. The number of hydrogen-bond donors (Lipinski definition) is 2. The molecule has 118 valence electrons. The van der Waals surface area contributed by atoms with Gasteiger partial charge in [0.25, 0.3) is 0 Å². The fourth-order valence-corrected chi connectivity index (χ4v) is 2.29. The lowest BCUT2D eigenvalue weighted by atomic mass is 10.2. The van der Waals surface area contributed by atoms with Gasteiger partial charge in [-0.2, -0.15) is 0 Å². The predicted octanol–water partition coefficient (Wildman–Crippen LogP) is 2.97. The second-order valence-corrected chi connectivity index (χ2v) is 5.11. The first-order valence-corrected chi connectivity index (χ1v) is 7.31. The van der Waals surface area contributed by atoms with Crippen LogP contribution in [-0.2, 0) is 6.61 Å². The lowest BCUT2D eigenvalue weighted by Gasteiger charge is -2.08. The van der Waals surface area contributed by atoms with Crippen LogP contribution >= 0.6 is 0 Å². The summed E-state index contributed by atoms with van der Waals surface area (Å²) in [6.45, 7) is 2.35. The molecular weight excluding hydrogens is 292 g/mol. The first-order valence-electron chi connectivity index (χ1n) is 7.31. The highest BCUT2D eigenvalue weighted by molar-refractivity contribution is 5.89. The van der Waals surface area contributed by atoms with Crippen molar-refractivity contribution < 1.29 is 9.53 Å². The summed E-state index contributed by atoms with van der Waals surface area (Å²) in [5.41, 5.74) is 2.57. The first kappa shape index (κ1) is 14.9. The molecule has 6 heteroatoms. The third-order valence-corrected chi connectivity index (χ3v) is 3.48. The van der Waals surface area contributed by atoms with Crippen LogP contribution in [0.3, 0.4) is 0 Å². The molecule has 0 atom stereocenters. The van der Waals surface area contributed by atoms with Crippen LogP contribution in [0.2, 0.25) is 0 Å². The Bertz CT molecular complexity index is 827. The van der Waals surface area contributed by atoms with Crippen molar-refractivity contribution >= 4 is 17.5 Å². The molecule has 0 fully saturated rings. The number of imidazole rings is 1. The maximum atomic E-state index is 11.5. The van der Waals surface area contributed by atoms with E-state index < -0.39 is 0 Å². The zero-order valence-corrected chi connectivity index (χ0v) is 13.0. The van der Waals surface area contributed by atoms with E-state index >= 15 is 0 Å². The van der Waals surface area contributed by atoms with E-state index in [-0.39, 0.29) is 6.03 Å². The maximum Gasteiger partial charge on any atom is 0.320 e. The van der Waals surface area contributed by atoms with E-state index in [9.17, 15) is 4.79 Å². The number of carbonyl (C=O) groups excluding carboxylic acids is 1. The largest absolute Gasteiger partial charge is 0.489 e. The number of ether oxygens (including phenoxy) is 1. The molecule has 2 aromatic heterocycles. The van der Waals surface area contributed by atoms with Crippen LogP contribution in [0, 0.1) is 6.92 Å². The zero-order valence-electron chi connectivity index (χ0n) is 13.0. The molecule has 3 rings (SSSR count). The van der Waals surface area contributed by atoms with Crippen LogP contribution in [0.5, 0.6) is 5.75 Å². The van der Waals surface area contributed by atoms with Crippen molar-refractivity contribution in [3.63, 3.8) is 0 Å². The lowest BCUT2D eigenvalue weighted by molar-refractivity contribution is 0.254. The predicted molar refractivity (Wildman–Crippen MR) is 88.8 cm³/mol. The summed E-state index contributed by atoms with van der Waals surface area (Å²) in [6, 6.07) is 13.4. The Balaban J connectivity index is 1.81. The van der Waals surface area contributed by atoms with Crippen LogP contribution in [0.1, 0.15) is 11.3 Å². The zero-order chi connectivity index (χ0) is 16.2. The van der Waals surface area contributed by atoms with E-state index in [2.05, 4.69) is 15.6 Å². The third kappa shape index (κ3) is 3.26. The number of urea groups is 1. The van der Waals surface area contributed by atoms with E-state index in [4.69, 9.17) is 4.74 Å². The van der Waals surface area contributed by atoms with Gasteiger partial charge in [0, 0.05) is 19.3 Å². The van der Waals surface area contributed by atoms with Crippen molar-refractivity contribution in [3.8, 4) is 5.75 Å². The Kier molecular flexibility index (Phi) is 4.14. The average molecular weight is 310 g/mol. The van der Waals surface area contributed by atoms with E-state index in [1.54, 1.807) is 7.05 Å². The Labute approximate surface area is 134 Å². The van der Waals surface area contributed by atoms with Crippen LogP contribution in [0.15, 0.2) is 48.7 Å². The number of nitrogens with zero attached hydrogens (tertiary/aromatic N) is 2. The number of aromatic nitrogens is 2. The summed E-state index contributed by atoms with van der Waals surface area (Å²) in [5.74, 6) is 1.38. The number of carbonyl (C=O) groups is 1. The van der Waals surface area contributed by atoms with Crippen molar-refractivity contribution in [2.24, 2.45) is 0 Å². The highest BCUT2D eigenvalue weighted by atomic mass is 16.5. The molecule has 2 amide bonds. The van der Waals surface area contributed by atoms with Gasteiger partial charge < -0.3 is 10.1 Å². The SMILES string of the molecule is CNC(=O)Nc1c(C)nc2cc(OCc3ccccc3)ccn12. The molecule has 0 spiro atoms. The molecular formula is C17H18N4O2. The van der Waals surface area contributed by atoms with E-state index in [0.29, 0.717) is 12.4 Å². The van der Waals surface area contributed by atoms with Gasteiger partial charge in [-0.3, -0.25) is 9.72 Å². The summed E-state index contributed by atoms with van der Waals surface area (Å²) >= 11 is 0. The van der Waals surface area contributed by atoms with Crippen LogP contribution in [0.4, 0.5) is 10.6 Å². The molecule has 0 unspecified atom stereocenters. The van der Waals surface area contributed by atoms with Gasteiger partial charge in [-0.25, -0.2) is 9.78 Å². The molecule has 0 saturated carbocycles. The molecule has 0 bridgehead atoms. The number of amides is 2.